The Balaban J connectivity index is 1.42. The molecule has 2 aromatic rings. The highest BCUT2D eigenvalue weighted by atomic mass is 16.3. The molecule has 146 valence electrons. The number of aldehydes is 1. The van der Waals surface area contributed by atoms with Gasteiger partial charge in [0.25, 0.3) is 0 Å². The summed E-state index contributed by atoms with van der Waals surface area (Å²) in [4.78, 5) is 13.4. The normalized spacial score (nSPS) is 25.4. The molecule has 0 aromatic heterocycles. The van der Waals surface area contributed by atoms with Crippen molar-refractivity contribution in [3.05, 3.63) is 59.2 Å². The zero-order chi connectivity index (χ0) is 19.1. The predicted octanol–water partition coefficient (Wildman–Crippen LogP) is 4.91. The van der Waals surface area contributed by atoms with Crippen LogP contribution in [0.3, 0.4) is 0 Å². The van der Waals surface area contributed by atoms with E-state index in [2.05, 4.69) is 35.2 Å². The van der Waals surface area contributed by atoms with Gasteiger partial charge in [-0.25, -0.2) is 0 Å². The van der Waals surface area contributed by atoms with Crippen LogP contribution in [0.4, 0.5) is 5.69 Å². The molecule has 1 N–H and O–H groups in total. The number of aromatic hydroxyl groups is 1. The summed E-state index contributed by atoms with van der Waals surface area (Å²) in [6.45, 7) is 1.94. The van der Waals surface area contributed by atoms with Gasteiger partial charge < -0.3 is 14.8 Å². The molecular formula is C25H29NO2. The fraction of sp³-hybridized carbons (Fsp3) is 0.480. The predicted molar refractivity (Wildman–Crippen MR) is 112 cm³/mol. The fourth-order valence-electron chi connectivity index (χ4n) is 5.48. The van der Waals surface area contributed by atoms with E-state index >= 15 is 0 Å². The van der Waals surface area contributed by atoms with E-state index in [-0.39, 0.29) is 5.92 Å². The Morgan fingerprint density at radius 2 is 1.68 bits per heavy atom. The number of carbonyl (C=O) groups excluding carboxylic acids is 1. The number of piperidine rings is 1. The molecule has 3 nitrogen and oxygen atoms in total. The van der Waals surface area contributed by atoms with Gasteiger partial charge in [0.05, 0.1) is 0 Å². The lowest BCUT2D eigenvalue weighted by molar-refractivity contribution is -0.111. The van der Waals surface area contributed by atoms with Crippen molar-refractivity contribution in [3.8, 4) is 5.75 Å². The van der Waals surface area contributed by atoms with Gasteiger partial charge in [-0.2, -0.15) is 0 Å². The Morgan fingerprint density at radius 3 is 2.36 bits per heavy atom. The zero-order valence-corrected chi connectivity index (χ0v) is 16.4. The lowest BCUT2D eigenvalue weighted by atomic mass is 9.70. The number of phenolic OH excluding ortho intramolecular Hbond substituents is 1. The van der Waals surface area contributed by atoms with Crippen molar-refractivity contribution >= 4 is 12.0 Å². The number of fused-ring (bicyclic) bond motifs is 1. The first-order valence-electron chi connectivity index (χ1n) is 10.8. The molecule has 5 rings (SSSR count). The molecule has 1 saturated carbocycles. The van der Waals surface area contributed by atoms with Crippen LogP contribution in [0, 0.1) is 17.8 Å². The van der Waals surface area contributed by atoms with Gasteiger partial charge >= 0.3 is 0 Å². The van der Waals surface area contributed by atoms with Crippen molar-refractivity contribution in [1.82, 2.24) is 0 Å². The van der Waals surface area contributed by atoms with Gasteiger partial charge in [0.1, 0.15) is 12.0 Å². The second kappa shape index (κ2) is 7.27. The second-order valence-electron chi connectivity index (χ2n) is 8.95. The summed E-state index contributed by atoms with van der Waals surface area (Å²) in [6, 6.07) is 15.2. The van der Waals surface area contributed by atoms with Gasteiger partial charge in [-0.05, 0) is 91.3 Å². The van der Waals surface area contributed by atoms with Gasteiger partial charge in [0, 0.05) is 30.6 Å². The highest BCUT2D eigenvalue weighted by molar-refractivity contribution is 5.56. The van der Waals surface area contributed by atoms with Crippen LogP contribution in [0.2, 0.25) is 0 Å². The van der Waals surface area contributed by atoms with Gasteiger partial charge in [0.2, 0.25) is 0 Å². The molecule has 1 heterocycles. The van der Waals surface area contributed by atoms with Crippen molar-refractivity contribution in [2.45, 2.75) is 44.4 Å². The van der Waals surface area contributed by atoms with Crippen molar-refractivity contribution in [1.29, 1.82) is 0 Å². The zero-order valence-electron chi connectivity index (χ0n) is 16.4. The quantitative estimate of drug-likeness (QED) is 0.772. The smallest absolute Gasteiger partial charge is 0.123 e. The third-order valence-electron chi connectivity index (χ3n) is 7.21. The largest absolute Gasteiger partial charge is 0.508 e. The van der Waals surface area contributed by atoms with Crippen molar-refractivity contribution in [3.63, 3.8) is 0 Å². The minimum absolute atomic E-state index is 0.241. The van der Waals surface area contributed by atoms with Crippen molar-refractivity contribution in [2.24, 2.45) is 17.8 Å². The third-order valence-corrected chi connectivity index (χ3v) is 7.21. The lowest BCUT2D eigenvalue weighted by Crippen LogP contribution is -2.34. The van der Waals surface area contributed by atoms with Crippen molar-refractivity contribution in [2.75, 3.05) is 18.0 Å². The summed E-state index contributed by atoms with van der Waals surface area (Å²) in [5.74, 6) is 2.67. The molecule has 0 spiro atoms. The van der Waals surface area contributed by atoms with E-state index in [1.165, 1.54) is 41.6 Å². The third kappa shape index (κ3) is 3.32. The Morgan fingerprint density at radius 1 is 0.929 bits per heavy atom. The van der Waals surface area contributed by atoms with Gasteiger partial charge in [-0.3, -0.25) is 0 Å². The van der Waals surface area contributed by atoms with Crippen LogP contribution in [0.25, 0.3) is 0 Å². The summed E-state index contributed by atoms with van der Waals surface area (Å²) >= 11 is 0. The van der Waals surface area contributed by atoms with E-state index in [1.54, 1.807) is 0 Å². The van der Waals surface area contributed by atoms with E-state index in [0.717, 1.165) is 50.5 Å². The number of hydrogen-bond acceptors (Lipinski definition) is 3. The average Bonchev–Trinajstić information content (AvgIpc) is 3.58. The molecule has 28 heavy (non-hydrogen) atoms. The molecule has 2 fully saturated rings. The van der Waals surface area contributed by atoms with E-state index < -0.39 is 0 Å². The number of carbonyl (C=O) groups is 1. The minimum atomic E-state index is 0.241. The molecule has 3 heteroatoms. The molecule has 0 bridgehead atoms. The Labute approximate surface area is 167 Å². The van der Waals surface area contributed by atoms with Crippen LogP contribution < -0.4 is 4.90 Å². The molecule has 1 saturated heterocycles. The minimum Gasteiger partial charge on any atom is -0.508 e. The second-order valence-corrected chi connectivity index (χ2v) is 8.95. The molecule has 2 aromatic carbocycles. The SMILES string of the molecule is O=CC1CCN(c2ccc([C@@H]3c4ccc(O)cc4CC[C@@H]3C3CC3)cc2)CC1. The monoisotopic (exact) mass is 375 g/mol. The molecular weight excluding hydrogens is 346 g/mol. The van der Waals surface area contributed by atoms with E-state index in [4.69, 9.17) is 0 Å². The first-order valence-corrected chi connectivity index (χ1v) is 10.8. The maximum Gasteiger partial charge on any atom is 0.123 e. The lowest BCUT2D eigenvalue weighted by Gasteiger charge is -2.35. The summed E-state index contributed by atoms with van der Waals surface area (Å²) in [7, 11) is 0. The maximum absolute atomic E-state index is 11.0. The van der Waals surface area contributed by atoms with Gasteiger partial charge in [-0.1, -0.05) is 18.2 Å². The topological polar surface area (TPSA) is 40.5 Å². The molecule has 1 aliphatic heterocycles. The molecule has 0 unspecified atom stereocenters. The maximum atomic E-state index is 11.0. The molecule has 3 aliphatic rings. The van der Waals surface area contributed by atoms with E-state index in [9.17, 15) is 9.90 Å². The van der Waals surface area contributed by atoms with Gasteiger partial charge in [0.15, 0.2) is 0 Å². The number of benzene rings is 2. The van der Waals surface area contributed by atoms with Crippen LogP contribution in [0.15, 0.2) is 42.5 Å². The number of anilines is 1. The number of nitrogens with zero attached hydrogens (tertiary/aromatic N) is 1. The van der Waals surface area contributed by atoms with Crippen LogP contribution >= 0.6 is 0 Å². The number of phenols is 1. The van der Waals surface area contributed by atoms with Crippen LogP contribution in [0.1, 0.15) is 54.7 Å². The van der Waals surface area contributed by atoms with E-state index in [0.29, 0.717) is 11.7 Å². The summed E-state index contributed by atoms with van der Waals surface area (Å²) in [5.41, 5.74) is 5.43. The molecule has 2 aliphatic carbocycles. The fourth-order valence-corrected chi connectivity index (χ4v) is 5.48. The van der Waals surface area contributed by atoms with Crippen LogP contribution in [-0.4, -0.2) is 24.5 Å². The number of aryl methyl sites for hydroxylation is 1. The Bertz CT molecular complexity index is 847. The standard InChI is InChI=1S/C25H29NO2/c27-16-17-11-13-26(14-12-17)21-6-3-19(4-7-21)25-23(18-1-2-18)9-5-20-15-22(28)8-10-24(20)25/h3-4,6-8,10,15-18,23,25,28H,1-2,5,9,11-14H2/t23-,25+/m1/s1. The number of rotatable bonds is 4. The summed E-state index contributed by atoms with van der Waals surface area (Å²) < 4.78 is 0. The first kappa shape index (κ1) is 17.8. The van der Waals surface area contributed by atoms with Crippen LogP contribution in [0.5, 0.6) is 5.75 Å². The highest BCUT2D eigenvalue weighted by Crippen LogP contribution is 2.52. The van der Waals surface area contributed by atoms with Crippen molar-refractivity contribution < 1.29 is 9.90 Å². The number of hydrogen-bond donors (Lipinski definition) is 1. The Hall–Kier alpha value is -2.29. The molecule has 0 radical (unpaired) electrons. The van der Waals surface area contributed by atoms with Crippen LogP contribution in [-0.2, 0) is 11.2 Å². The molecule has 0 amide bonds. The summed E-state index contributed by atoms with van der Waals surface area (Å²) in [6.07, 6.45) is 8.12. The highest BCUT2D eigenvalue weighted by Gasteiger charge is 2.40. The Kier molecular flexibility index (Phi) is 4.62. The van der Waals surface area contributed by atoms with Gasteiger partial charge in [-0.15, -0.1) is 0 Å². The summed E-state index contributed by atoms with van der Waals surface area (Å²) in [5, 5.41) is 9.92. The van der Waals surface area contributed by atoms with E-state index in [1.807, 2.05) is 12.1 Å². The average molecular weight is 376 g/mol. The first-order chi connectivity index (χ1) is 13.7. The molecule has 2 atom stereocenters.